The lowest BCUT2D eigenvalue weighted by atomic mass is 9.74. The average Bonchev–Trinajstić information content (AvgIpc) is 2.42. The van der Waals surface area contributed by atoms with Gasteiger partial charge in [0.15, 0.2) is 0 Å². The molecule has 3 nitrogen and oxygen atoms in total. The van der Waals surface area contributed by atoms with Gasteiger partial charge in [0, 0.05) is 24.7 Å². The molecule has 0 aliphatic carbocycles. The zero-order valence-corrected chi connectivity index (χ0v) is 12.4. The largest absolute Gasteiger partial charge is 0.481 e. The van der Waals surface area contributed by atoms with Gasteiger partial charge in [0.05, 0.1) is 5.41 Å². The molecule has 0 radical (unpaired) electrons. The maximum Gasteiger partial charge on any atom is 0.309 e. The van der Waals surface area contributed by atoms with Gasteiger partial charge < -0.3 is 5.11 Å². The van der Waals surface area contributed by atoms with E-state index >= 15 is 0 Å². The maximum absolute atomic E-state index is 13.7. The molecule has 2 rings (SSSR count). The summed E-state index contributed by atoms with van der Waals surface area (Å²) in [5.41, 5.74) is -0.342. The molecule has 1 saturated heterocycles. The fourth-order valence-corrected chi connectivity index (χ4v) is 2.85. The van der Waals surface area contributed by atoms with Crippen molar-refractivity contribution in [1.29, 1.82) is 0 Å². The SMILES string of the molecule is CC(C)(C(=O)O)C1CCCN(Cc2ccc(F)cc2F)C1. The van der Waals surface area contributed by atoms with Crippen molar-refractivity contribution in [2.45, 2.75) is 33.2 Å². The Balaban J connectivity index is 2.06. The molecule has 116 valence electrons. The highest BCUT2D eigenvalue weighted by atomic mass is 19.1. The van der Waals surface area contributed by atoms with E-state index in [1.54, 1.807) is 13.8 Å². The molecule has 1 atom stereocenters. The minimum Gasteiger partial charge on any atom is -0.481 e. The molecule has 0 aromatic heterocycles. The summed E-state index contributed by atoms with van der Waals surface area (Å²) in [6, 6.07) is 3.59. The fraction of sp³-hybridized carbons (Fsp3) is 0.562. The van der Waals surface area contributed by atoms with Crippen LogP contribution in [0.5, 0.6) is 0 Å². The standard InChI is InChI=1S/C16H21F2NO2/c1-16(2,15(20)21)12-4-3-7-19(10-12)9-11-5-6-13(17)8-14(11)18/h5-6,8,12H,3-4,7,9-10H2,1-2H3,(H,20,21). The molecule has 1 aliphatic heterocycles. The van der Waals surface area contributed by atoms with E-state index in [4.69, 9.17) is 0 Å². The van der Waals surface area contributed by atoms with Crippen LogP contribution >= 0.6 is 0 Å². The third-order valence-corrected chi connectivity index (χ3v) is 4.49. The molecule has 0 amide bonds. The van der Waals surface area contributed by atoms with Crippen LogP contribution in [0.2, 0.25) is 0 Å². The van der Waals surface area contributed by atoms with Crippen LogP contribution in [0.25, 0.3) is 0 Å². The first kappa shape index (κ1) is 15.9. The van der Waals surface area contributed by atoms with E-state index in [9.17, 15) is 18.7 Å². The third-order valence-electron chi connectivity index (χ3n) is 4.49. The summed E-state index contributed by atoms with van der Waals surface area (Å²) >= 11 is 0. The highest BCUT2D eigenvalue weighted by Gasteiger charge is 2.39. The maximum atomic E-state index is 13.7. The van der Waals surface area contributed by atoms with Crippen molar-refractivity contribution < 1.29 is 18.7 Å². The lowest BCUT2D eigenvalue weighted by Crippen LogP contribution is -2.44. The van der Waals surface area contributed by atoms with E-state index in [0.29, 0.717) is 18.7 Å². The highest BCUT2D eigenvalue weighted by molar-refractivity contribution is 5.74. The van der Waals surface area contributed by atoms with Gasteiger partial charge in [-0.15, -0.1) is 0 Å². The number of rotatable bonds is 4. The Morgan fingerprint density at radius 3 is 2.76 bits per heavy atom. The molecular formula is C16H21F2NO2. The Morgan fingerprint density at radius 1 is 1.43 bits per heavy atom. The molecule has 1 aliphatic rings. The number of hydrogen-bond donors (Lipinski definition) is 1. The smallest absolute Gasteiger partial charge is 0.309 e. The number of benzene rings is 1. The number of halogens is 2. The molecule has 5 heteroatoms. The summed E-state index contributed by atoms with van der Waals surface area (Å²) < 4.78 is 26.6. The van der Waals surface area contributed by atoms with Crippen LogP contribution in [-0.4, -0.2) is 29.1 Å². The van der Waals surface area contributed by atoms with Gasteiger partial charge in [0.25, 0.3) is 0 Å². The molecular weight excluding hydrogens is 276 g/mol. The van der Waals surface area contributed by atoms with Crippen molar-refractivity contribution >= 4 is 5.97 Å². The number of carbonyl (C=O) groups is 1. The molecule has 1 unspecified atom stereocenters. The van der Waals surface area contributed by atoms with E-state index in [2.05, 4.69) is 4.90 Å². The van der Waals surface area contributed by atoms with Crippen LogP contribution in [0.3, 0.4) is 0 Å². The first-order valence-electron chi connectivity index (χ1n) is 7.20. The van der Waals surface area contributed by atoms with E-state index in [1.807, 2.05) is 0 Å². The second-order valence-corrected chi connectivity index (χ2v) is 6.34. The van der Waals surface area contributed by atoms with Gasteiger partial charge in [-0.2, -0.15) is 0 Å². The molecule has 21 heavy (non-hydrogen) atoms. The molecule has 0 spiro atoms. The predicted molar refractivity (Wildman–Crippen MR) is 75.8 cm³/mol. The number of carboxylic acids is 1. The lowest BCUT2D eigenvalue weighted by Gasteiger charge is -2.39. The van der Waals surface area contributed by atoms with Crippen molar-refractivity contribution in [3.05, 3.63) is 35.4 Å². The number of hydrogen-bond acceptors (Lipinski definition) is 2. The fourth-order valence-electron chi connectivity index (χ4n) is 2.85. The minimum absolute atomic E-state index is 0.0345. The Hall–Kier alpha value is -1.49. The normalized spacial score (nSPS) is 20.5. The van der Waals surface area contributed by atoms with Crippen molar-refractivity contribution in [1.82, 2.24) is 4.90 Å². The van der Waals surface area contributed by atoms with Crippen molar-refractivity contribution in [3.63, 3.8) is 0 Å². The molecule has 1 heterocycles. The minimum atomic E-state index is -0.803. The van der Waals surface area contributed by atoms with Gasteiger partial charge in [-0.25, -0.2) is 8.78 Å². The van der Waals surface area contributed by atoms with Gasteiger partial charge in [0.2, 0.25) is 0 Å². The molecule has 1 aromatic rings. The van der Waals surface area contributed by atoms with Crippen LogP contribution in [0.15, 0.2) is 18.2 Å². The number of piperidine rings is 1. The van der Waals surface area contributed by atoms with Crippen molar-refractivity contribution in [3.8, 4) is 0 Å². The van der Waals surface area contributed by atoms with Crippen LogP contribution < -0.4 is 0 Å². The third kappa shape index (κ3) is 3.59. The van der Waals surface area contributed by atoms with E-state index < -0.39 is 23.0 Å². The molecule has 1 fully saturated rings. The van der Waals surface area contributed by atoms with Crippen LogP contribution in [0.1, 0.15) is 32.3 Å². The van der Waals surface area contributed by atoms with Gasteiger partial charge >= 0.3 is 5.97 Å². The van der Waals surface area contributed by atoms with Crippen LogP contribution in [0.4, 0.5) is 8.78 Å². The molecule has 1 N–H and O–H groups in total. The summed E-state index contributed by atoms with van der Waals surface area (Å²) in [6.45, 7) is 5.29. The quantitative estimate of drug-likeness (QED) is 0.927. The van der Waals surface area contributed by atoms with Crippen molar-refractivity contribution in [2.75, 3.05) is 13.1 Å². The predicted octanol–water partition coefficient (Wildman–Crippen LogP) is 3.29. The zero-order valence-electron chi connectivity index (χ0n) is 12.4. The summed E-state index contributed by atoms with van der Waals surface area (Å²) in [7, 11) is 0. The first-order valence-corrected chi connectivity index (χ1v) is 7.20. The van der Waals surface area contributed by atoms with E-state index in [0.717, 1.165) is 25.5 Å². The Kier molecular flexibility index (Phi) is 4.61. The monoisotopic (exact) mass is 297 g/mol. The molecule has 0 bridgehead atoms. The summed E-state index contributed by atoms with van der Waals surface area (Å²) in [4.78, 5) is 13.4. The second kappa shape index (κ2) is 6.10. The summed E-state index contributed by atoms with van der Waals surface area (Å²) in [5.74, 6) is -1.90. The average molecular weight is 297 g/mol. The summed E-state index contributed by atoms with van der Waals surface area (Å²) in [5, 5.41) is 9.32. The van der Waals surface area contributed by atoms with Gasteiger partial charge in [-0.3, -0.25) is 9.69 Å². The van der Waals surface area contributed by atoms with E-state index in [1.165, 1.54) is 12.1 Å². The van der Waals surface area contributed by atoms with Crippen molar-refractivity contribution in [2.24, 2.45) is 11.3 Å². The lowest BCUT2D eigenvalue weighted by molar-refractivity contribution is -0.151. The van der Waals surface area contributed by atoms with Gasteiger partial charge in [-0.1, -0.05) is 6.07 Å². The Morgan fingerprint density at radius 2 is 2.14 bits per heavy atom. The Labute approximate surface area is 123 Å². The van der Waals surface area contributed by atoms with Gasteiger partial charge in [-0.05, 0) is 45.2 Å². The molecule has 1 aromatic carbocycles. The van der Waals surface area contributed by atoms with Crippen LogP contribution in [-0.2, 0) is 11.3 Å². The zero-order chi connectivity index (χ0) is 15.6. The topological polar surface area (TPSA) is 40.5 Å². The summed E-state index contributed by atoms with van der Waals surface area (Å²) in [6.07, 6.45) is 1.76. The number of aliphatic carboxylic acids is 1. The number of likely N-dealkylation sites (tertiary alicyclic amines) is 1. The Bertz CT molecular complexity index is 531. The number of carboxylic acid groups (broad SMARTS) is 1. The van der Waals surface area contributed by atoms with E-state index in [-0.39, 0.29) is 5.92 Å². The number of nitrogens with zero attached hydrogens (tertiary/aromatic N) is 1. The van der Waals surface area contributed by atoms with Crippen LogP contribution in [0, 0.1) is 23.0 Å². The molecule has 0 saturated carbocycles. The highest BCUT2D eigenvalue weighted by Crippen LogP contribution is 2.34. The van der Waals surface area contributed by atoms with Gasteiger partial charge in [0.1, 0.15) is 11.6 Å². The first-order chi connectivity index (χ1) is 9.80. The second-order valence-electron chi connectivity index (χ2n) is 6.34.